The molecule has 0 spiro atoms. The Morgan fingerprint density at radius 3 is 2.44 bits per heavy atom. The van der Waals surface area contributed by atoms with Crippen molar-refractivity contribution in [3.63, 3.8) is 0 Å². The number of aliphatic imine (C=N–C) groups is 1. The number of aromatic nitrogens is 3. The van der Waals surface area contributed by atoms with Crippen molar-refractivity contribution < 1.29 is 4.79 Å². The van der Waals surface area contributed by atoms with Crippen LogP contribution in [0, 0.1) is 27.7 Å². The van der Waals surface area contributed by atoms with Crippen molar-refractivity contribution in [1.29, 1.82) is 0 Å². The average molecular weight is 490 g/mol. The number of carbonyl (C=O) groups excluding carboxylic acids is 1. The molecular formula is C26H24ClN5OS. The van der Waals surface area contributed by atoms with Crippen LogP contribution in [0.1, 0.15) is 51.2 Å². The topological polar surface area (TPSA) is 72.2 Å². The molecule has 1 aliphatic rings. The molecule has 0 saturated carbocycles. The molecule has 172 valence electrons. The van der Waals surface area contributed by atoms with E-state index in [1.54, 1.807) is 11.3 Å². The highest BCUT2D eigenvalue weighted by molar-refractivity contribution is 7.15. The molecule has 0 unspecified atom stereocenters. The van der Waals surface area contributed by atoms with Crippen LogP contribution in [0.5, 0.6) is 0 Å². The Labute approximate surface area is 207 Å². The van der Waals surface area contributed by atoms with Gasteiger partial charge in [-0.1, -0.05) is 41.4 Å². The van der Waals surface area contributed by atoms with E-state index in [-0.39, 0.29) is 12.3 Å². The number of hydrogen-bond acceptors (Lipinski definition) is 5. The van der Waals surface area contributed by atoms with Gasteiger partial charge in [-0.15, -0.1) is 21.5 Å². The third kappa shape index (κ3) is 4.06. The van der Waals surface area contributed by atoms with Crippen molar-refractivity contribution in [1.82, 2.24) is 14.8 Å². The fourth-order valence-electron chi connectivity index (χ4n) is 4.16. The number of amides is 1. The van der Waals surface area contributed by atoms with Crippen LogP contribution in [0.15, 0.2) is 53.5 Å². The fraction of sp³-hybridized carbons (Fsp3) is 0.231. The molecule has 0 fully saturated rings. The molecule has 1 amide bonds. The van der Waals surface area contributed by atoms with Crippen LogP contribution >= 0.6 is 22.9 Å². The third-order valence-corrected chi connectivity index (χ3v) is 7.52. The number of anilines is 1. The molecule has 0 radical (unpaired) electrons. The van der Waals surface area contributed by atoms with E-state index in [1.807, 2.05) is 62.4 Å². The van der Waals surface area contributed by atoms with Crippen LogP contribution in [-0.4, -0.2) is 26.4 Å². The van der Waals surface area contributed by atoms with Gasteiger partial charge in [0.05, 0.1) is 12.1 Å². The Morgan fingerprint density at radius 1 is 1.03 bits per heavy atom. The molecule has 2 aromatic carbocycles. The molecule has 1 aliphatic heterocycles. The lowest BCUT2D eigenvalue weighted by Gasteiger charge is -2.13. The van der Waals surface area contributed by atoms with E-state index < -0.39 is 6.04 Å². The standard InChI is InChI=1S/C26H24ClN5OS/c1-14-5-11-20(12-6-14)28-22(33)13-21-25-31-30-17(4)32(25)26-23(15(2)16(3)34-26)24(29-21)18-7-9-19(27)10-8-18/h5-12,21H,13H2,1-4H3,(H,28,33)/t21-/m0/s1. The molecule has 4 aromatic rings. The van der Waals surface area contributed by atoms with E-state index in [2.05, 4.69) is 33.9 Å². The molecule has 1 N–H and O–H groups in total. The van der Waals surface area contributed by atoms with Gasteiger partial charge in [0, 0.05) is 26.7 Å². The molecule has 1 atom stereocenters. The number of thiophene rings is 1. The van der Waals surface area contributed by atoms with E-state index in [1.165, 1.54) is 4.88 Å². The van der Waals surface area contributed by atoms with Gasteiger partial charge in [-0.3, -0.25) is 14.4 Å². The third-order valence-electron chi connectivity index (χ3n) is 6.07. The first kappa shape index (κ1) is 22.5. The number of halogens is 1. The number of nitrogens with zero attached hydrogens (tertiary/aromatic N) is 4. The van der Waals surface area contributed by atoms with Gasteiger partial charge in [-0.05, 0) is 57.5 Å². The molecule has 8 heteroatoms. The van der Waals surface area contributed by atoms with Crippen LogP contribution in [-0.2, 0) is 4.79 Å². The van der Waals surface area contributed by atoms with E-state index >= 15 is 0 Å². The summed E-state index contributed by atoms with van der Waals surface area (Å²) < 4.78 is 2.05. The summed E-state index contributed by atoms with van der Waals surface area (Å²) in [6.07, 6.45) is 0.149. The molecule has 2 aromatic heterocycles. The van der Waals surface area contributed by atoms with Gasteiger partial charge in [0.1, 0.15) is 16.9 Å². The Morgan fingerprint density at radius 2 is 1.74 bits per heavy atom. The largest absolute Gasteiger partial charge is 0.326 e. The summed E-state index contributed by atoms with van der Waals surface area (Å²) in [5, 5.41) is 13.5. The summed E-state index contributed by atoms with van der Waals surface area (Å²) in [4.78, 5) is 19.4. The van der Waals surface area contributed by atoms with Crippen LogP contribution in [0.2, 0.25) is 5.02 Å². The van der Waals surface area contributed by atoms with Crippen molar-refractivity contribution in [3.8, 4) is 5.00 Å². The van der Waals surface area contributed by atoms with Crippen molar-refractivity contribution in [3.05, 3.63) is 92.3 Å². The average Bonchev–Trinajstić information content (AvgIpc) is 3.28. The minimum Gasteiger partial charge on any atom is -0.326 e. The lowest BCUT2D eigenvalue weighted by Crippen LogP contribution is -2.17. The summed E-state index contributed by atoms with van der Waals surface area (Å²) in [6.45, 7) is 8.17. The van der Waals surface area contributed by atoms with Crippen LogP contribution < -0.4 is 5.32 Å². The van der Waals surface area contributed by atoms with Crippen LogP contribution in [0.4, 0.5) is 5.69 Å². The van der Waals surface area contributed by atoms with Crippen molar-refractivity contribution >= 4 is 40.2 Å². The summed E-state index contributed by atoms with van der Waals surface area (Å²) in [7, 11) is 0. The normalized spacial score (nSPS) is 14.7. The van der Waals surface area contributed by atoms with Crippen molar-refractivity contribution in [2.24, 2.45) is 4.99 Å². The molecular weight excluding hydrogens is 466 g/mol. The number of benzene rings is 2. The lowest BCUT2D eigenvalue weighted by atomic mass is 9.99. The second-order valence-corrected chi connectivity index (χ2v) is 10.2. The van der Waals surface area contributed by atoms with Crippen molar-refractivity contribution in [2.75, 3.05) is 5.32 Å². The zero-order chi connectivity index (χ0) is 24.0. The van der Waals surface area contributed by atoms with Gasteiger partial charge in [0.2, 0.25) is 5.91 Å². The van der Waals surface area contributed by atoms with Gasteiger partial charge in [-0.25, -0.2) is 0 Å². The van der Waals surface area contributed by atoms with E-state index in [4.69, 9.17) is 16.6 Å². The smallest absolute Gasteiger partial charge is 0.227 e. The highest BCUT2D eigenvalue weighted by Gasteiger charge is 2.32. The van der Waals surface area contributed by atoms with Gasteiger partial charge < -0.3 is 5.32 Å². The predicted molar refractivity (Wildman–Crippen MR) is 138 cm³/mol. The SMILES string of the molecule is Cc1ccc(NC(=O)C[C@@H]2N=C(c3ccc(Cl)cc3)c3c(sc(C)c3C)-n3c(C)nnc32)cc1. The molecule has 0 aliphatic carbocycles. The fourth-order valence-corrected chi connectivity index (χ4v) is 5.50. The number of fused-ring (bicyclic) bond motifs is 3. The van der Waals surface area contributed by atoms with Crippen LogP contribution in [0.25, 0.3) is 5.00 Å². The first-order valence-corrected chi connectivity index (χ1v) is 12.2. The highest BCUT2D eigenvalue weighted by atomic mass is 35.5. The van der Waals surface area contributed by atoms with E-state index in [9.17, 15) is 4.79 Å². The van der Waals surface area contributed by atoms with Gasteiger partial charge in [0.25, 0.3) is 0 Å². The summed E-state index contributed by atoms with van der Waals surface area (Å²) in [5.41, 5.74) is 5.90. The van der Waals surface area contributed by atoms with Gasteiger partial charge in [0.15, 0.2) is 5.82 Å². The maximum absolute atomic E-state index is 13.1. The highest BCUT2D eigenvalue weighted by Crippen LogP contribution is 2.39. The summed E-state index contributed by atoms with van der Waals surface area (Å²) in [5.74, 6) is 1.32. The molecule has 5 rings (SSSR count). The van der Waals surface area contributed by atoms with Crippen molar-refractivity contribution in [2.45, 2.75) is 40.2 Å². The molecule has 0 bridgehead atoms. The quantitative estimate of drug-likeness (QED) is 0.374. The van der Waals surface area contributed by atoms with E-state index in [0.717, 1.165) is 44.5 Å². The number of nitrogens with one attached hydrogen (secondary N) is 1. The minimum absolute atomic E-state index is 0.126. The Bertz CT molecular complexity index is 1420. The zero-order valence-electron chi connectivity index (χ0n) is 19.4. The molecule has 6 nitrogen and oxygen atoms in total. The van der Waals surface area contributed by atoms with E-state index in [0.29, 0.717) is 10.8 Å². The number of hydrogen-bond donors (Lipinski definition) is 1. The number of aryl methyl sites for hydroxylation is 3. The van der Waals surface area contributed by atoms with Gasteiger partial charge in [-0.2, -0.15) is 0 Å². The Kier molecular flexibility index (Phi) is 5.83. The second kappa shape index (κ2) is 8.81. The Balaban J connectivity index is 1.61. The Hall–Kier alpha value is -3.29. The molecule has 34 heavy (non-hydrogen) atoms. The van der Waals surface area contributed by atoms with Crippen LogP contribution in [0.3, 0.4) is 0 Å². The first-order valence-electron chi connectivity index (χ1n) is 11.0. The number of carbonyl (C=O) groups is 1. The lowest BCUT2D eigenvalue weighted by molar-refractivity contribution is -0.116. The first-order chi connectivity index (χ1) is 16.3. The summed E-state index contributed by atoms with van der Waals surface area (Å²) >= 11 is 7.86. The predicted octanol–water partition coefficient (Wildman–Crippen LogP) is 6.14. The molecule has 0 saturated heterocycles. The minimum atomic E-state index is -0.489. The van der Waals surface area contributed by atoms with Gasteiger partial charge >= 0.3 is 0 Å². The zero-order valence-corrected chi connectivity index (χ0v) is 21.0. The maximum Gasteiger partial charge on any atom is 0.227 e. The molecule has 3 heterocycles. The maximum atomic E-state index is 13.1. The summed E-state index contributed by atoms with van der Waals surface area (Å²) in [6, 6.07) is 14.9. The number of rotatable bonds is 4. The second-order valence-electron chi connectivity index (χ2n) is 8.52. The monoisotopic (exact) mass is 489 g/mol.